The van der Waals surface area contributed by atoms with E-state index < -0.39 is 5.54 Å². The molecule has 0 bridgehead atoms. The SMILES string of the molecule is COc1ccc(CCN2C(=O)C[C@@H]3CCCC[C@@]32C#N)cc1OC. The largest absolute Gasteiger partial charge is 0.493 e. The fourth-order valence-electron chi connectivity index (χ4n) is 4.21. The van der Waals surface area contributed by atoms with Gasteiger partial charge in [-0.25, -0.2) is 0 Å². The van der Waals surface area contributed by atoms with Crippen LogP contribution in [0.4, 0.5) is 0 Å². The van der Waals surface area contributed by atoms with Crippen LogP contribution in [0.1, 0.15) is 37.7 Å². The van der Waals surface area contributed by atoms with E-state index in [0.29, 0.717) is 30.9 Å². The Balaban J connectivity index is 1.76. The molecule has 0 aromatic heterocycles. The molecule has 0 N–H and O–H groups in total. The van der Waals surface area contributed by atoms with Crippen molar-refractivity contribution in [3.63, 3.8) is 0 Å². The van der Waals surface area contributed by atoms with Crippen molar-refractivity contribution >= 4 is 5.91 Å². The van der Waals surface area contributed by atoms with Gasteiger partial charge in [-0.15, -0.1) is 0 Å². The number of fused-ring (bicyclic) bond motifs is 1. The van der Waals surface area contributed by atoms with Crippen molar-refractivity contribution in [3.8, 4) is 17.6 Å². The Morgan fingerprint density at radius 3 is 2.79 bits per heavy atom. The number of hydrogen-bond acceptors (Lipinski definition) is 4. The Hall–Kier alpha value is -2.22. The lowest BCUT2D eigenvalue weighted by atomic mass is 9.74. The van der Waals surface area contributed by atoms with E-state index in [1.807, 2.05) is 23.1 Å². The topological polar surface area (TPSA) is 62.6 Å². The Labute approximate surface area is 143 Å². The van der Waals surface area contributed by atoms with E-state index in [9.17, 15) is 10.1 Å². The molecule has 0 spiro atoms. The minimum Gasteiger partial charge on any atom is -0.493 e. The second-order valence-corrected chi connectivity index (χ2v) is 6.67. The number of benzene rings is 1. The minimum atomic E-state index is -0.577. The molecule has 2 aliphatic rings. The van der Waals surface area contributed by atoms with Crippen LogP contribution >= 0.6 is 0 Å². The van der Waals surface area contributed by atoms with Crippen LogP contribution in [-0.2, 0) is 11.2 Å². The molecule has 1 saturated heterocycles. The lowest BCUT2D eigenvalue weighted by molar-refractivity contribution is -0.130. The second-order valence-electron chi connectivity index (χ2n) is 6.67. The van der Waals surface area contributed by atoms with E-state index in [1.54, 1.807) is 14.2 Å². The number of hydrogen-bond donors (Lipinski definition) is 0. The molecule has 1 aliphatic heterocycles. The van der Waals surface area contributed by atoms with Gasteiger partial charge >= 0.3 is 0 Å². The summed E-state index contributed by atoms with van der Waals surface area (Å²) in [6.45, 7) is 0.582. The molecule has 1 aromatic rings. The molecule has 5 nitrogen and oxygen atoms in total. The smallest absolute Gasteiger partial charge is 0.224 e. The quantitative estimate of drug-likeness (QED) is 0.834. The highest BCUT2D eigenvalue weighted by Gasteiger charge is 2.53. The molecule has 2 atom stereocenters. The van der Waals surface area contributed by atoms with Gasteiger partial charge in [0.25, 0.3) is 0 Å². The molecule has 24 heavy (non-hydrogen) atoms. The fraction of sp³-hybridized carbons (Fsp3) is 0.579. The maximum atomic E-state index is 12.5. The van der Waals surface area contributed by atoms with E-state index >= 15 is 0 Å². The average molecular weight is 328 g/mol. The molecule has 5 heteroatoms. The number of rotatable bonds is 5. The highest BCUT2D eigenvalue weighted by atomic mass is 16.5. The molecule has 1 saturated carbocycles. The summed E-state index contributed by atoms with van der Waals surface area (Å²) in [7, 11) is 3.23. The molecular formula is C19H24N2O3. The molecule has 0 radical (unpaired) electrons. The van der Waals surface area contributed by atoms with Crippen LogP contribution in [0.5, 0.6) is 11.5 Å². The predicted octanol–water partition coefficient (Wildman–Crippen LogP) is 2.93. The van der Waals surface area contributed by atoms with Gasteiger partial charge in [0, 0.05) is 18.9 Å². The summed E-state index contributed by atoms with van der Waals surface area (Å²) >= 11 is 0. The molecule has 1 aromatic carbocycles. The van der Waals surface area contributed by atoms with Crippen LogP contribution in [0, 0.1) is 17.2 Å². The van der Waals surface area contributed by atoms with Crippen molar-refractivity contribution < 1.29 is 14.3 Å². The monoisotopic (exact) mass is 328 g/mol. The van der Waals surface area contributed by atoms with Crippen LogP contribution in [0.2, 0.25) is 0 Å². The van der Waals surface area contributed by atoms with Crippen LogP contribution in [0.15, 0.2) is 18.2 Å². The Morgan fingerprint density at radius 1 is 1.29 bits per heavy atom. The Bertz CT molecular complexity index is 667. The summed E-state index contributed by atoms with van der Waals surface area (Å²) in [6, 6.07) is 8.30. The molecule has 2 fully saturated rings. The van der Waals surface area contributed by atoms with Crippen molar-refractivity contribution in [2.45, 2.75) is 44.1 Å². The van der Waals surface area contributed by atoms with Gasteiger partial charge in [-0.3, -0.25) is 4.79 Å². The molecule has 1 amide bonds. The number of carbonyl (C=O) groups excluding carboxylic acids is 1. The van der Waals surface area contributed by atoms with Gasteiger partial charge in [0.2, 0.25) is 5.91 Å². The van der Waals surface area contributed by atoms with Crippen LogP contribution in [0.25, 0.3) is 0 Å². The van der Waals surface area contributed by atoms with Gasteiger partial charge in [-0.1, -0.05) is 18.9 Å². The number of carbonyl (C=O) groups is 1. The first kappa shape index (κ1) is 16.6. The number of likely N-dealkylation sites (tertiary alicyclic amines) is 1. The molecule has 1 aliphatic carbocycles. The minimum absolute atomic E-state index is 0.129. The normalized spacial score (nSPS) is 26.0. The first-order chi connectivity index (χ1) is 11.6. The van der Waals surface area contributed by atoms with Crippen molar-refractivity contribution in [1.29, 1.82) is 5.26 Å². The van der Waals surface area contributed by atoms with Gasteiger partial charge in [0.15, 0.2) is 11.5 Å². The fourth-order valence-corrected chi connectivity index (χ4v) is 4.21. The zero-order chi connectivity index (χ0) is 17.2. The lowest BCUT2D eigenvalue weighted by Crippen LogP contribution is -2.50. The van der Waals surface area contributed by atoms with Crippen molar-refractivity contribution in [2.75, 3.05) is 20.8 Å². The first-order valence-electron chi connectivity index (χ1n) is 8.57. The highest BCUT2D eigenvalue weighted by Crippen LogP contribution is 2.45. The third-order valence-electron chi connectivity index (χ3n) is 5.51. The van der Waals surface area contributed by atoms with E-state index in [1.165, 1.54) is 0 Å². The maximum Gasteiger partial charge on any atom is 0.224 e. The molecule has 3 rings (SSSR count). The molecule has 128 valence electrons. The predicted molar refractivity (Wildman–Crippen MR) is 89.9 cm³/mol. The van der Waals surface area contributed by atoms with E-state index in [4.69, 9.17) is 9.47 Å². The van der Waals surface area contributed by atoms with E-state index in [0.717, 1.165) is 31.2 Å². The standard InChI is InChI=1S/C19H24N2O3/c1-23-16-7-6-14(11-17(16)24-2)8-10-21-18(22)12-15-5-3-4-9-19(15,21)13-20/h6-7,11,15H,3-5,8-10,12H2,1-2H3/t15-,19+/m0/s1. The summed E-state index contributed by atoms with van der Waals surface area (Å²) < 4.78 is 10.6. The average Bonchev–Trinajstić information content (AvgIpc) is 2.91. The summed E-state index contributed by atoms with van der Waals surface area (Å²) in [5.74, 6) is 1.71. The van der Waals surface area contributed by atoms with E-state index in [-0.39, 0.29) is 11.8 Å². The third kappa shape index (κ3) is 2.71. The molecular weight excluding hydrogens is 304 g/mol. The summed E-state index contributed by atoms with van der Waals surface area (Å²) in [4.78, 5) is 14.3. The number of ether oxygens (including phenoxy) is 2. The van der Waals surface area contributed by atoms with E-state index in [2.05, 4.69) is 6.07 Å². The number of nitrogens with zero attached hydrogens (tertiary/aromatic N) is 2. The van der Waals surface area contributed by atoms with Crippen LogP contribution in [-0.4, -0.2) is 37.1 Å². The third-order valence-corrected chi connectivity index (χ3v) is 5.51. The van der Waals surface area contributed by atoms with Gasteiger partial charge in [-0.2, -0.15) is 5.26 Å². The molecule has 0 unspecified atom stereocenters. The van der Waals surface area contributed by atoms with Crippen LogP contribution < -0.4 is 9.47 Å². The van der Waals surface area contributed by atoms with Gasteiger partial charge < -0.3 is 14.4 Å². The van der Waals surface area contributed by atoms with Crippen molar-refractivity contribution in [1.82, 2.24) is 4.90 Å². The lowest BCUT2D eigenvalue weighted by Gasteiger charge is -2.39. The number of methoxy groups -OCH3 is 2. The maximum absolute atomic E-state index is 12.5. The first-order valence-corrected chi connectivity index (χ1v) is 8.57. The summed E-state index contributed by atoms with van der Waals surface area (Å²) in [6.07, 6.45) is 5.20. The highest BCUT2D eigenvalue weighted by molar-refractivity contribution is 5.81. The van der Waals surface area contributed by atoms with Crippen molar-refractivity contribution in [2.24, 2.45) is 5.92 Å². The Kier molecular flexibility index (Phi) is 4.66. The van der Waals surface area contributed by atoms with Gasteiger partial charge in [0.1, 0.15) is 5.54 Å². The zero-order valence-electron chi connectivity index (χ0n) is 14.4. The van der Waals surface area contributed by atoms with Gasteiger partial charge in [0.05, 0.1) is 20.3 Å². The van der Waals surface area contributed by atoms with Crippen molar-refractivity contribution in [3.05, 3.63) is 23.8 Å². The Morgan fingerprint density at radius 2 is 2.08 bits per heavy atom. The summed E-state index contributed by atoms with van der Waals surface area (Å²) in [5.41, 5.74) is 0.499. The zero-order valence-corrected chi connectivity index (χ0v) is 14.4. The van der Waals surface area contributed by atoms with Gasteiger partial charge in [-0.05, 0) is 37.0 Å². The second kappa shape index (κ2) is 6.72. The number of nitriles is 1. The molecule has 1 heterocycles. The summed E-state index contributed by atoms with van der Waals surface area (Å²) in [5, 5.41) is 9.81. The number of amides is 1. The van der Waals surface area contributed by atoms with Crippen LogP contribution in [0.3, 0.4) is 0 Å².